The molecule has 3 heterocycles. The predicted molar refractivity (Wildman–Crippen MR) is 124 cm³/mol. The first kappa shape index (κ1) is 20.8. The van der Waals surface area contributed by atoms with Crippen molar-refractivity contribution in [1.82, 2.24) is 14.8 Å². The van der Waals surface area contributed by atoms with Crippen molar-refractivity contribution < 1.29 is 4.79 Å². The lowest BCUT2D eigenvalue weighted by molar-refractivity contribution is -0.142. The number of pyridine rings is 1. The number of thiophene rings is 1. The molecule has 1 aromatic carbocycles. The number of amides is 1. The van der Waals surface area contributed by atoms with Crippen molar-refractivity contribution >= 4 is 45.8 Å². The number of aromatic amines is 1. The zero-order chi connectivity index (χ0) is 21.1. The summed E-state index contributed by atoms with van der Waals surface area (Å²) in [6.45, 7) is 4.88. The summed E-state index contributed by atoms with van der Waals surface area (Å²) in [6.07, 6.45) is 6.60. The van der Waals surface area contributed by atoms with Crippen molar-refractivity contribution in [2.45, 2.75) is 25.9 Å². The molecule has 0 aliphatic carbocycles. The lowest BCUT2D eigenvalue weighted by Crippen LogP contribution is -2.56. The molecule has 0 spiro atoms. The molecule has 0 bridgehead atoms. The fourth-order valence-electron chi connectivity index (χ4n) is 3.95. The number of carbonyl (C=O) groups excluding carboxylic acids is 1. The summed E-state index contributed by atoms with van der Waals surface area (Å²) in [6, 6.07) is 11.0. The smallest absolute Gasteiger partial charge is 0.240 e. The molecule has 1 aliphatic rings. The summed E-state index contributed by atoms with van der Waals surface area (Å²) >= 11 is 7.53. The molecule has 2 aromatic heterocycles. The van der Waals surface area contributed by atoms with E-state index in [0.717, 1.165) is 39.8 Å². The number of piperazine rings is 1. The Labute approximate surface area is 184 Å². The number of benzene rings is 1. The molecule has 1 aliphatic heterocycles. The number of H-pyrrole nitrogens is 1. The van der Waals surface area contributed by atoms with Crippen LogP contribution in [0.15, 0.2) is 53.5 Å². The van der Waals surface area contributed by atoms with Gasteiger partial charge in [-0.1, -0.05) is 30.7 Å². The zero-order valence-electron chi connectivity index (χ0n) is 16.8. The van der Waals surface area contributed by atoms with Crippen molar-refractivity contribution in [2.75, 3.05) is 19.6 Å². The van der Waals surface area contributed by atoms with Gasteiger partial charge in [0.25, 0.3) is 0 Å². The number of hydrogen-bond donors (Lipinski definition) is 1. The standard InChI is InChI=1S/C23H24ClN3O2S/c1-2-20-23(29)27(13-12-26(20)11-3-4-17-6-8-22(24)30-17)15-16-5-7-18-19(14-16)25-10-9-21(18)28/h3-10,14,20H,2,11-13,15H2,1H3,(H,25,28)/t20-/m0/s1. The highest BCUT2D eigenvalue weighted by molar-refractivity contribution is 7.16. The number of nitrogens with one attached hydrogen (secondary N) is 1. The fourth-order valence-corrected chi connectivity index (χ4v) is 4.95. The second-order valence-electron chi connectivity index (χ2n) is 7.44. The number of hydrogen-bond acceptors (Lipinski definition) is 4. The monoisotopic (exact) mass is 441 g/mol. The van der Waals surface area contributed by atoms with E-state index < -0.39 is 0 Å². The maximum absolute atomic E-state index is 13.1. The summed E-state index contributed by atoms with van der Waals surface area (Å²) in [5.41, 5.74) is 1.83. The second-order valence-corrected chi connectivity index (χ2v) is 9.19. The Hall–Kier alpha value is -2.41. The van der Waals surface area contributed by atoms with Crippen molar-refractivity contribution in [3.8, 4) is 0 Å². The lowest BCUT2D eigenvalue weighted by Gasteiger charge is -2.40. The van der Waals surface area contributed by atoms with Gasteiger partial charge < -0.3 is 9.88 Å². The van der Waals surface area contributed by atoms with Crippen molar-refractivity contribution in [3.05, 3.63) is 73.7 Å². The third kappa shape index (κ3) is 4.51. The molecule has 156 valence electrons. The highest BCUT2D eigenvalue weighted by Crippen LogP contribution is 2.23. The Morgan fingerprint density at radius 3 is 2.83 bits per heavy atom. The first-order valence-electron chi connectivity index (χ1n) is 10.1. The summed E-state index contributed by atoms with van der Waals surface area (Å²) < 4.78 is 0.780. The van der Waals surface area contributed by atoms with Crippen molar-refractivity contribution in [2.24, 2.45) is 0 Å². The Bertz CT molecular complexity index is 1140. The normalized spacial score (nSPS) is 18.0. The number of carbonyl (C=O) groups is 1. The van der Waals surface area contributed by atoms with E-state index in [9.17, 15) is 9.59 Å². The molecule has 1 saturated heterocycles. The van der Waals surface area contributed by atoms with Gasteiger partial charge in [0.15, 0.2) is 5.43 Å². The fraction of sp³-hybridized carbons (Fsp3) is 0.304. The number of nitrogens with zero attached hydrogens (tertiary/aromatic N) is 2. The van der Waals surface area contributed by atoms with Gasteiger partial charge in [-0.05, 0) is 42.3 Å². The van der Waals surface area contributed by atoms with E-state index in [1.165, 1.54) is 6.07 Å². The molecule has 3 aromatic rings. The molecule has 0 saturated carbocycles. The number of halogens is 1. The van der Waals surface area contributed by atoms with Crippen LogP contribution < -0.4 is 5.43 Å². The minimum Gasteiger partial charge on any atom is -0.361 e. The van der Waals surface area contributed by atoms with Crippen LogP contribution in [0, 0.1) is 0 Å². The molecule has 1 atom stereocenters. The van der Waals surface area contributed by atoms with Gasteiger partial charge in [-0.15, -0.1) is 11.3 Å². The average Bonchev–Trinajstić information content (AvgIpc) is 3.15. The van der Waals surface area contributed by atoms with E-state index in [-0.39, 0.29) is 17.4 Å². The minimum absolute atomic E-state index is 0.00362. The van der Waals surface area contributed by atoms with E-state index >= 15 is 0 Å². The molecular formula is C23H24ClN3O2S. The van der Waals surface area contributed by atoms with Gasteiger partial charge in [-0.3, -0.25) is 14.5 Å². The zero-order valence-corrected chi connectivity index (χ0v) is 18.4. The van der Waals surface area contributed by atoms with Crippen molar-refractivity contribution in [1.29, 1.82) is 0 Å². The molecule has 1 amide bonds. The quantitative estimate of drug-likeness (QED) is 0.617. The van der Waals surface area contributed by atoms with Gasteiger partial charge in [-0.2, -0.15) is 0 Å². The van der Waals surface area contributed by atoms with Crippen LogP contribution in [0.1, 0.15) is 23.8 Å². The van der Waals surface area contributed by atoms with Gasteiger partial charge in [0.1, 0.15) is 0 Å². The van der Waals surface area contributed by atoms with E-state index in [2.05, 4.69) is 29.0 Å². The summed E-state index contributed by atoms with van der Waals surface area (Å²) in [7, 11) is 0. The molecule has 30 heavy (non-hydrogen) atoms. The number of aromatic nitrogens is 1. The molecule has 4 rings (SSSR count). The van der Waals surface area contributed by atoms with Crippen LogP contribution >= 0.6 is 22.9 Å². The average molecular weight is 442 g/mol. The van der Waals surface area contributed by atoms with E-state index in [4.69, 9.17) is 11.6 Å². The highest BCUT2D eigenvalue weighted by atomic mass is 35.5. The molecular weight excluding hydrogens is 418 g/mol. The van der Waals surface area contributed by atoms with Crippen LogP contribution in [-0.4, -0.2) is 46.4 Å². The topological polar surface area (TPSA) is 56.4 Å². The van der Waals surface area contributed by atoms with Crippen LogP contribution in [0.5, 0.6) is 0 Å². The Kier molecular flexibility index (Phi) is 6.37. The van der Waals surface area contributed by atoms with Crippen LogP contribution in [0.2, 0.25) is 4.34 Å². The van der Waals surface area contributed by atoms with Gasteiger partial charge in [0.05, 0.1) is 10.4 Å². The molecule has 0 unspecified atom stereocenters. The lowest BCUT2D eigenvalue weighted by atomic mass is 10.1. The maximum Gasteiger partial charge on any atom is 0.240 e. The SMILES string of the molecule is CC[C@H]1C(=O)N(Cc2ccc3c(=O)cc[nH]c3c2)CCN1CC=Cc1ccc(Cl)s1. The Morgan fingerprint density at radius 2 is 2.07 bits per heavy atom. The maximum atomic E-state index is 13.1. The van der Waals surface area contributed by atoms with Gasteiger partial charge >= 0.3 is 0 Å². The number of rotatable bonds is 6. The summed E-state index contributed by atoms with van der Waals surface area (Å²) in [5.74, 6) is 0.165. The molecule has 1 N–H and O–H groups in total. The van der Waals surface area contributed by atoms with Crippen molar-refractivity contribution in [3.63, 3.8) is 0 Å². The Balaban J connectivity index is 1.42. The predicted octanol–water partition coefficient (Wildman–Crippen LogP) is 4.38. The van der Waals surface area contributed by atoms with Gasteiger partial charge in [0.2, 0.25) is 5.91 Å². The molecule has 0 radical (unpaired) electrons. The summed E-state index contributed by atoms with van der Waals surface area (Å²) in [4.78, 5) is 33.4. The first-order chi connectivity index (χ1) is 14.5. The summed E-state index contributed by atoms with van der Waals surface area (Å²) in [5, 5.41) is 0.669. The molecule has 1 fully saturated rings. The van der Waals surface area contributed by atoms with E-state index in [1.807, 2.05) is 35.2 Å². The third-order valence-electron chi connectivity index (χ3n) is 5.49. The minimum atomic E-state index is -0.115. The van der Waals surface area contributed by atoms with Gasteiger partial charge in [-0.25, -0.2) is 0 Å². The third-order valence-corrected chi connectivity index (χ3v) is 6.69. The number of fused-ring (bicyclic) bond motifs is 1. The largest absolute Gasteiger partial charge is 0.361 e. The van der Waals surface area contributed by atoms with Crippen LogP contribution in [0.25, 0.3) is 17.0 Å². The van der Waals surface area contributed by atoms with Crippen LogP contribution in [0.4, 0.5) is 0 Å². The van der Waals surface area contributed by atoms with Crippen LogP contribution in [0.3, 0.4) is 0 Å². The van der Waals surface area contributed by atoms with Gasteiger partial charge in [0, 0.05) is 54.2 Å². The van der Waals surface area contributed by atoms with Crippen LogP contribution in [-0.2, 0) is 11.3 Å². The second kappa shape index (κ2) is 9.16. The van der Waals surface area contributed by atoms with E-state index in [0.29, 0.717) is 18.5 Å². The first-order valence-corrected chi connectivity index (χ1v) is 11.3. The van der Waals surface area contributed by atoms with E-state index in [1.54, 1.807) is 17.5 Å². The molecule has 7 heteroatoms. The molecule has 5 nitrogen and oxygen atoms in total. The highest BCUT2D eigenvalue weighted by Gasteiger charge is 2.32. The Morgan fingerprint density at radius 1 is 1.20 bits per heavy atom.